The molecule has 13 heavy (non-hydrogen) atoms. The van der Waals surface area contributed by atoms with Gasteiger partial charge in [0, 0.05) is 0 Å². The van der Waals surface area contributed by atoms with Crippen molar-refractivity contribution in [3.8, 4) is 0 Å². The summed E-state index contributed by atoms with van der Waals surface area (Å²) in [4.78, 5) is 0. The van der Waals surface area contributed by atoms with Gasteiger partial charge in [-0.1, -0.05) is 0 Å². The third-order valence-electron chi connectivity index (χ3n) is 4.24. The van der Waals surface area contributed by atoms with Crippen molar-refractivity contribution in [2.75, 3.05) is 0 Å². The van der Waals surface area contributed by atoms with E-state index >= 15 is 0 Å². The molecule has 0 radical (unpaired) electrons. The minimum atomic E-state index is -1.29. The van der Waals surface area contributed by atoms with Crippen LogP contribution in [0.5, 0.6) is 0 Å². The van der Waals surface area contributed by atoms with E-state index in [1.54, 1.807) is 0 Å². The molecule has 0 heterocycles. The average Bonchev–Trinajstić information content (AvgIpc) is 2.47. The molecule has 3 aliphatic rings. The summed E-state index contributed by atoms with van der Waals surface area (Å²) in [7, 11) is -1.29. The Bertz CT molecular complexity index is 245. The maximum absolute atomic E-state index is 6.43. The zero-order valence-corrected chi connectivity index (χ0v) is 9.97. The highest BCUT2D eigenvalue weighted by molar-refractivity contribution is 6.69. The molecule has 0 aromatic rings. The standard InChI is InChI=1S/C11H20OSi/c1-13(2,3)12-11-7-10(11)8-4-5-9(11)6-8/h8-10H,4-7H2,1-3H3/t8-,9+,10+,11+/m0/s1. The van der Waals surface area contributed by atoms with Crippen molar-refractivity contribution in [3.05, 3.63) is 0 Å². The van der Waals surface area contributed by atoms with E-state index in [4.69, 9.17) is 4.43 Å². The Morgan fingerprint density at radius 2 is 2.00 bits per heavy atom. The Kier molecular flexibility index (Phi) is 1.45. The molecule has 74 valence electrons. The van der Waals surface area contributed by atoms with E-state index in [1.807, 2.05) is 0 Å². The zero-order chi connectivity index (χ0) is 9.27. The van der Waals surface area contributed by atoms with Gasteiger partial charge in [0.05, 0.1) is 5.60 Å². The van der Waals surface area contributed by atoms with E-state index in [1.165, 1.54) is 25.7 Å². The molecule has 1 nitrogen and oxygen atoms in total. The third-order valence-corrected chi connectivity index (χ3v) is 5.23. The normalized spacial score (nSPS) is 52.4. The van der Waals surface area contributed by atoms with Crippen LogP contribution in [0.15, 0.2) is 0 Å². The van der Waals surface area contributed by atoms with Crippen LogP contribution >= 0.6 is 0 Å². The molecule has 0 aliphatic heterocycles. The lowest BCUT2D eigenvalue weighted by molar-refractivity contribution is 0.0984. The molecule has 0 amide bonds. The van der Waals surface area contributed by atoms with E-state index in [2.05, 4.69) is 19.6 Å². The van der Waals surface area contributed by atoms with E-state index in [-0.39, 0.29) is 0 Å². The van der Waals surface area contributed by atoms with Gasteiger partial charge >= 0.3 is 0 Å². The summed E-state index contributed by atoms with van der Waals surface area (Å²) in [6.45, 7) is 7.01. The van der Waals surface area contributed by atoms with Crippen LogP contribution in [0.1, 0.15) is 25.7 Å². The zero-order valence-electron chi connectivity index (χ0n) is 8.97. The van der Waals surface area contributed by atoms with Gasteiger partial charge in [-0.15, -0.1) is 0 Å². The quantitative estimate of drug-likeness (QED) is 0.617. The molecule has 0 spiro atoms. The van der Waals surface area contributed by atoms with Gasteiger partial charge in [0.1, 0.15) is 0 Å². The van der Waals surface area contributed by atoms with Crippen LogP contribution in [0.2, 0.25) is 19.6 Å². The van der Waals surface area contributed by atoms with E-state index in [0.717, 1.165) is 17.8 Å². The van der Waals surface area contributed by atoms with Crippen LogP contribution in [0.3, 0.4) is 0 Å². The first-order valence-corrected chi connectivity index (χ1v) is 9.12. The SMILES string of the molecule is C[Si](C)(C)O[C@@]12C[C@@H]1[C@H]1CC[C@@H]2C1. The molecule has 3 fully saturated rings. The Labute approximate surface area is 82.0 Å². The predicted molar refractivity (Wildman–Crippen MR) is 56.1 cm³/mol. The average molecular weight is 196 g/mol. The molecular weight excluding hydrogens is 176 g/mol. The maximum Gasteiger partial charge on any atom is 0.184 e. The summed E-state index contributed by atoms with van der Waals surface area (Å²) in [6, 6.07) is 0. The smallest absolute Gasteiger partial charge is 0.184 e. The van der Waals surface area contributed by atoms with Crippen LogP contribution in [0.25, 0.3) is 0 Å². The molecule has 2 heteroatoms. The van der Waals surface area contributed by atoms with Gasteiger partial charge in [-0.2, -0.15) is 0 Å². The summed E-state index contributed by atoms with van der Waals surface area (Å²) in [5, 5.41) is 0. The Hall–Kier alpha value is 0.177. The van der Waals surface area contributed by atoms with E-state index in [0.29, 0.717) is 5.60 Å². The van der Waals surface area contributed by atoms with Crippen LogP contribution in [0.4, 0.5) is 0 Å². The Morgan fingerprint density at radius 1 is 1.23 bits per heavy atom. The maximum atomic E-state index is 6.43. The van der Waals surface area contributed by atoms with Gasteiger partial charge in [-0.05, 0) is 63.1 Å². The van der Waals surface area contributed by atoms with Crippen LogP contribution in [0, 0.1) is 17.8 Å². The second kappa shape index (κ2) is 2.22. The predicted octanol–water partition coefficient (Wildman–Crippen LogP) is 3.03. The summed E-state index contributed by atoms with van der Waals surface area (Å²) < 4.78 is 6.43. The summed E-state index contributed by atoms with van der Waals surface area (Å²) in [5.74, 6) is 2.99. The molecule has 4 atom stereocenters. The Morgan fingerprint density at radius 3 is 2.54 bits per heavy atom. The number of fused-ring (bicyclic) bond motifs is 5. The molecule has 0 N–H and O–H groups in total. The first kappa shape index (κ1) is 8.48. The fraction of sp³-hybridized carbons (Fsp3) is 1.00. The third kappa shape index (κ3) is 1.08. The molecular formula is C11H20OSi. The van der Waals surface area contributed by atoms with Crippen molar-refractivity contribution in [1.82, 2.24) is 0 Å². The molecule has 2 bridgehead atoms. The van der Waals surface area contributed by atoms with Gasteiger partial charge in [0.15, 0.2) is 8.32 Å². The van der Waals surface area contributed by atoms with Gasteiger partial charge < -0.3 is 4.43 Å². The molecule has 0 unspecified atom stereocenters. The van der Waals surface area contributed by atoms with Crippen molar-refractivity contribution in [2.24, 2.45) is 17.8 Å². The van der Waals surface area contributed by atoms with Crippen LogP contribution in [-0.2, 0) is 4.43 Å². The second-order valence-corrected chi connectivity index (χ2v) is 10.7. The second-order valence-electron chi connectivity index (χ2n) is 6.25. The fourth-order valence-corrected chi connectivity index (χ4v) is 5.46. The van der Waals surface area contributed by atoms with Gasteiger partial charge in [-0.3, -0.25) is 0 Å². The first-order valence-electron chi connectivity index (χ1n) is 5.71. The van der Waals surface area contributed by atoms with Gasteiger partial charge in [0.25, 0.3) is 0 Å². The molecule has 3 aliphatic carbocycles. The van der Waals surface area contributed by atoms with E-state index < -0.39 is 8.32 Å². The van der Waals surface area contributed by atoms with Gasteiger partial charge in [-0.25, -0.2) is 0 Å². The highest BCUT2D eigenvalue weighted by Crippen LogP contribution is 2.70. The number of rotatable bonds is 2. The topological polar surface area (TPSA) is 9.23 Å². The monoisotopic (exact) mass is 196 g/mol. The van der Waals surface area contributed by atoms with Crippen LogP contribution in [-0.4, -0.2) is 13.9 Å². The van der Waals surface area contributed by atoms with Gasteiger partial charge in [0.2, 0.25) is 0 Å². The molecule has 0 saturated heterocycles. The first-order chi connectivity index (χ1) is 6.01. The fourth-order valence-electron chi connectivity index (χ4n) is 3.92. The molecule has 3 rings (SSSR count). The molecule has 3 saturated carbocycles. The van der Waals surface area contributed by atoms with Crippen LogP contribution < -0.4 is 0 Å². The minimum absolute atomic E-state index is 0.424. The number of hydrogen-bond donors (Lipinski definition) is 0. The lowest BCUT2D eigenvalue weighted by Crippen LogP contribution is -2.37. The van der Waals surface area contributed by atoms with Crippen molar-refractivity contribution in [2.45, 2.75) is 50.9 Å². The van der Waals surface area contributed by atoms with Crippen molar-refractivity contribution >= 4 is 8.32 Å². The minimum Gasteiger partial charge on any atom is -0.412 e. The summed E-state index contributed by atoms with van der Waals surface area (Å²) in [6.07, 6.45) is 5.87. The largest absolute Gasteiger partial charge is 0.412 e. The lowest BCUT2D eigenvalue weighted by atomic mass is 9.98. The number of hydrogen-bond acceptors (Lipinski definition) is 1. The van der Waals surface area contributed by atoms with E-state index in [9.17, 15) is 0 Å². The highest BCUT2D eigenvalue weighted by Gasteiger charge is 2.70. The Balaban J connectivity index is 1.79. The summed E-state index contributed by atoms with van der Waals surface area (Å²) in [5.41, 5.74) is 0.424. The molecule has 0 aromatic carbocycles. The van der Waals surface area contributed by atoms with Crippen molar-refractivity contribution < 1.29 is 4.43 Å². The summed E-state index contributed by atoms with van der Waals surface area (Å²) >= 11 is 0. The lowest BCUT2D eigenvalue weighted by Gasteiger charge is -2.31. The van der Waals surface area contributed by atoms with Crippen molar-refractivity contribution in [1.29, 1.82) is 0 Å². The molecule has 0 aromatic heterocycles. The van der Waals surface area contributed by atoms with Crippen molar-refractivity contribution in [3.63, 3.8) is 0 Å². The highest BCUT2D eigenvalue weighted by atomic mass is 28.4.